The smallest absolute Gasteiger partial charge is 0.306 e. The Labute approximate surface area is 98.1 Å². The molecule has 0 spiro atoms. The molecule has 2 aromatic rings. The van der Waals surface area contributed by atoms with Gasteiger partial charge in [-0.1, -0.05) is 12.1 Å². The van der Waals surface area contributed by atoms with E-state index in [1.165, 1.54) is 4.70 Å². The lowest BCUT2D eigenvalue weighted by molar-refractivity contribution is -0.143. The van der Waals surface area contributed by atoms with E-state index in [1.807, 2.05) is 31.2 Å². The summed E-state index contributed by atoms with van der Waals surface area (Å²) in [7, 11) is 0. The molecule has 1 heterocycles. The third-order valence-electron chi connectivity index (χ3n) is 2.19. The SMILES string of the molecule is CCOC(=O)CCc1nc2ccccc2s1. The van der Waals surface area contributed by atoms with Gasteiger partial charge in [-0.3, -0.25) is 4.79 Å². The summed E-state index contributed by atoms with van der Waals surface area (Å²) in [6, 6.07) is 7.99. The number of para-hydroxylation sites is 1. The minimum atomic E-state index is -0.151. The Morgan fingerprint density at radius 2 is 2.25 bits per heavy atom. The van der Waals surface area contributed by atoms with Gasteiger partial charge in [0.15, 0.2) is 0 Å². The average molecular weight is 235 g/mol. The molecular weight excluding hydrogens is 222 g/mol. The van der Waals surface area contributed by atoms with E-state index in [0.29, 0.717) is 19.4 Å². The number of nitrogens with zero attached hydrogens (tertiary/aromatic N) is 1. The normalized spacial score (nSPS) is 10.6. The highest BCUT2D eigenvalue weighted by Gasteiger charge is 2.06. The summed E-state index contributed by atoms with van der Waals surface area (Å²) >= 11 is 1.64. The fourth-order valence-corrected chi connectivity index (χ4v) is 2.44. The van der Waals surface area contributed by atoms with Gasteiger partial charge in [-0.2, -0.15) is 0 Å². The van der Waals surface area contributed by atoms with Gasteiger partial charge in [0.05, 0.1) is 28.3 Å². The van der Waals surface area contributed by atoms with Crippen LogP contribution in [-0.2, 0) is 16.0 Å². The molecule has 0 bridgehead atoms. The van der Waals surface area contributed by atoms with Crippen LogP contribution >= 0.6 is 11.3 Å². The van der Waals surface area contributed by atoms with Crippen LogP contribution in [0.2, 0.25) is 0 Å². The summed E-state index contributed by atoms with van der Waals surface area (Å²) in [5.41, 5.74) is 1.01. The van der Waals surface area contributed by atoms with E-state index in [0.717, 1.165) is 10.5 Å². The van der Waals surface area contributed by atoms with Gasteiger partial charge in [-0.05, 0) is 19.1 Å². The van der Waals surface area contributed by atoms with E-state index >= 15 is 0 Å². The zero-order valence-electron chi connectivity index (χ0n) is 9.10. The van der Waals surface area contributed by atoms with Gasteiger partial charge in [0, 0.05) is 6.42 Å². The maximum Gasteiger partial charge on any atom is 0.306 e. The van der Waals surface area contributed by atoms with E-state index < -0.39 is 0 Å². The second-order valence-corrected chi connectivity index (χ2v) is 4.50. The summed E-state index contributed by atoms with van der Waals surface area (Å²) in [4.78, 5) is 15.6. The topological polar surface area (TPSA) is 39.2 Å². The van der Waals surface area contributed by atoms with Crippen molar-refractivity contribution in [1.82, 2.24) is 4.98 Å². The second kappa shape index (κ2) is 5.07. The molecule has 0 N–H and O–H groups in total. The predicted molar refractivity (Wildman–Crippen MR) is 64.6 cm³/mol. The van der Waals surface area contributed by atoms with Crippen molar-refractivity contribution in [3.8, 4) is 0 Å². The van der Waals surface area contributed by atoms with Crippen molar-refractivity contribution in [2.75, 3.05) is 6.61 Å². The Bertz CT molecular complexity index is 459. The van der Waals surface area contributed by atoms with Gasteiger partial charge >= 0.3 is 5.97 Å². The van der Waals surface area contributed by atoms with Crippen LogP contribution in [0.5, 0.6) is 0 Å². The van der Waals surface area contributed by atoms with Crippen LogP contribution in [0.3, 0.4) is 0 Å². The van der Waals surface area contributed by atoms with Crippen LogP contribution < -0.4 is 0 Å². The van der Waals surface area contributed by atoms with Gasteiger partial charge in [-0.25, -0.2) is 4.98 Å². The van der Waals surface area contributed by atoms with Crippen molar-refractivity contribution in [2.24, 2.45) is 0 Å². The Hall–Kier alpha value is -1.42. The number of hydrogen-bond acceptors (Lipinski definition) is 4. The third kappa shape index (κ3) is 2.58. The number of hydrogen-bond donors (Lipinski definition) is 0. The van der Waals surface area contributed by atoms with Crippen LogP contribution in [0.1, 0.15) is 18.4 Å². The highest BCUT2D eigenvalue weighted by Crippen LogP contribution is 2.22. The average Bonchev–Trinajstić information content (AvgIpc) is 2.69. The number of ether oxygens (including phenoxy) is 1. The van der Waals surface area contributed by atoms with Crippen molar-refractivity contribution >= 4 is 27.5 Å². The second-order valence-electron chi connectivity index (χ2n) is 3.38. The molecule has 3 nitrogen and oxygen atoms in total. The fourth-order valence-electron chi connectivity index (χ4n) is 1.47. The van der Waals surface area contributed by atoms with Crippen LogP contribution in [0, 0.1) is 0 Å². The number of carbonyl (C=O) groups excluding carboxylic acids is 1. The summed E-state index contributed by atoms with van der Waals surface area (Å²) in [5.74, 6) is -0.151. The quantitative estimate of drug-likeness (QED) is 0.765. The first-order chi connectivity index (χ1) is 7.79. The van der Waals surface area contributed by atoms with E-state index in [2.05, 4.69) is 4.98 Å². The number of esters is 1. The maximum absolute atomic E-state index is 11.2. The lowest BCUT2D eigenvalue weighted by Gasteiger charge is -1.98. The fraction of sp³-hybridized carbons (Fsp3) is 0.333. The number of aromatic nitrogens is 1. The molecule has 0 atom stereocenters. The van der Waals surface area contributed by atoms with Crippen LogP contribution in [-0.4, -0.2) is 17.6 Å². The van der Waals surface area contributed by atoms with Gasteiger partial charge in [-0.15, -0.1) is 11.3 Å². The highest BCUT2D eigenvalue weighted by molar-refractivity contribution is 7.18. The third-order valence-corrected chi connectivity index (χ3v) is 3.28. The number of benzene rings is 1. The molecule has 0 aliphatic heterocycles. The number of fused-ring (bicyclic) bond motifs is 1. The van der Waals surface area contributed by atoms with E-state index in [1.54, 1.807) is 11.3 Å². The largest absolute Gasteiger partial charge is 0.466 e. The standard InChI is InChI=1S/C12H13NO2S/c1-2-15-12(14)8-7-11-13-9-5-3-4-6-10(9)16-11/h3-6H,2,7-8H2,1H3. The molecule has 0 fully saturated rings. The summed E-state index contributed by atoms with van der Waals surface area (Å²) < 4.78 is 6.04. The molecule has 0 aliphatic rings. The zero-order chi connectivity index (χ0) is 11.4. The lowest BCUT2D eigenvalue weighted by Crippen LogP contribution is -2.04. The van der Waals surface area contributed by atoms with Crippen LogP contribution in [0.4, 0.5) is 0 Å². The van der Waals surface area contributed by atoms with Gasteiger partial charge in [0.25, 0.3) is 0 Å². The Morgan fingerprint density at radius 3 is 3.00 bits per heavy atom. The van der Waals surface area contributed by atoms with Crippen molar-refractivity contribution in [3.05, 3.63) is 29.3 Å². The Kier molecular flexibility index (Phi) is 3.51. The molecule has 1 aromatic heterocycles. The first kappa shape index (κ1) is 11.1. The molecule has 0 amide bonds. The van der Waals surface area contributed by atoms with Crippen molar-refractivity contribution < 1.29 is 9.53 Å². The zero-order valence-corrected chi connectivity index (χ0v) is 9.92. The molecule has 0 unspecified atom stereocenters. The highest BCUT2D eigenvalue weighted by atomic mass is 32.1. The van der Waals surface area contributed by atoms with E-state index in [9.17, 15) is 4.79 Å². The molecule has 84 valence electrons. The maximum atomic E-state index is 11.2. The summed E-state index contributed by atoms with van der Waals surface area (Å²) in [6.45, 7) is 2.26. The molecule has 16 heavy (non-hydrogen) atoms. The number of rotatable bonds is 4. The van der Waals surface area contributed by atoms with E-state index in [-0.39, 0.29) is 5.97 Å². The molecule has 2 rings (SSSR count). The molecule has 0 saturated carbocycles. The Balaban J connectivity index is 2.02. The first-order valence-electron chi connectivity index (χ1n) is 5.29. The number of carbonyl (C=O) groups is 1. The minimum Gasteiger partial charge on any atom is -0.466 e. The van der Waals surface area contributed by atoms with Gasteiger partial charge in [0.1, 0.15) is 0 Å². The lowest BCUT2D eigenvalue weighted by atomic mass is 10.3. The van der Waals surface area contributed by atoms with Gasteiger partial charge in [0.2, 0.25) is 0 Å². The predicted octanol–water partition coefficient (Wildman–Crippen LogP) is 2.79. The molecule has 0 saturated heterocycles. The number of aryl methyl sites for hydroxylation is 1. The molecule has 4 heteroatoms. The number of thiazole rings is 1. The molecule has 1 aromatic carbocycles. The summed E-state index contributed by atoms with van der Waals surface area (Å²) in [5, 5.41) is 0.995. The Morgan fingerprint density at radius 1 is 1.44 bits per heavy atom. The molecular formula is C12H13NO2S. The van der Waals surface area contributed by atoms with E-state index in [4.69, 9.17) is 4.74 Å². The van der Waals surface area contributed by atoms with Crippen LogP contribution in [0.25, 0.3) is 10.2 Å². The monoisotopic (exact) mass is 235 g/mol. The molecule has 0 radical (unpaired) electrons. The molecule has 0 aliphatic carbocycles. The van der Waals surface area contributed by atoms with Crippen molar-refractivity contribution in [1.29, 1.82) is 0 Å². The van der Waals surface area contributed by atoms with Gasteiger partial charge < -0.3 is 4.74 Å². The van der Waals surface area contributed by atoms with Crippen molar-refractivity contribution in [3.63, 3.8) is 0 Å². The summed E-state index contributed by atoms with van der Waals surface area (Å²) in [6.07, 6.45) is 1.08. The van der Waals surface area contributed by atoms with Crippen molar-refractivity contribution in [2.45, 2.75) is 19.8 Å². The first-order valence-corrected chi connectivity index (χ1v) is 6.11. The minimum absolute atomic E-state index is 0.151. The van der Waals surface area contributed by atoms with Crippen LogP contribution in [0.15, 0.2) is 24.3 Å².